The molecule has 1 aliphatic rings. The molecule has 0 aliphatic carbocycles. The zero-order valence-corrected chi connectivity index (χ0v) is 9.52. The van der Waals surface area contributed by atoms with Crippen molar-refractivity contribution in [1.82, 2.24) is 4.90 Å². The molecule has 2 atom stereocenters. The van der Waals surface area contributed by atoms with E-state index in [0.717, 1.165) is 18.7 Å². The molecular weight excluding hydrogens is 188 g/mol. The summed E-state index contributed by atoms with van der Waals surface area (Å²) in [7, 11) is 0. The molecule has 84 valence electrons. The van der Waals surface area contributed by atoms with Crippen molar-refractivity contribution in [2.24, 2.45) is 5.73 Å². The van der Waals surface area contributed by atoms with Crippen LogP contribution in [0.15, 0.2) is 22.8 Å². The van der Waals surface area contributed by atoms with Crippen molar-refractivity contribution in [3.05, 3.63) is 24.2 Å². The summed E-state index contributed by atoms with van der Waals surface area (Å²) in [6.07, 6.45) is 4.01. The van der Waals surface area contributed by atoms with E-state index in [0.29, 0.717) is 6.04 Å². The summed E-state index contributed by atoms with van der Waals surface area (Å²) in [6, 6.07) is 4.95. The van der Waals surface area contributed by atoms with Gasteiger partial charge in [-0.3, -0.25) is 4.90 Å². The van der Waals surface area contributed by atoms with E-state index < -0.39 is 0 Å². The van der Waals surface area contributed by atoms with Crippen molar-refractivity contribution in [2.45, 2.75) is 44.8 Å². The lowest BCUT2D eigenvalue weighted by Crippen LogP contribution is -2.48. The monoisotopic (exact) mass is 208 g/mol. The Hall–Kier alpha value is -0.800. The molecule has 1 saturated heterocycles. The van der Waals surface area contributed by atoms with Gasteiger partial charge in [-0.25, -0.2) is 0 Å². The van der Waals surface area contributed by atoms with Gasteiger partial charge in [0, 0.05) is 12.1 Å². The van der Waals surface area contributed by atoms with Gasteiger partial charge in [-0.2, -0.15) is 0 Å². The topological polar surface area (TPSA) is 42.4 Å². The minimum Gasteiger partial charge on any atom is -0.468 e. The predicted octanol–water partition coefficient (Wildman–Crippen LogP) is 2.15. The molecular formula is C12H20N2O. The third-order valence-corrected chi connectivity index (χ3v) is 3.21. The Labute approximate surface area is 91.2 Å². The molecule has 2 rings (SSSR count). The van der Waals surface area contributed by atoms with Crippen LogP contribution in [0, 0.1) is 0 Å². The lowest BCUT2D eigenvalue weighted by atomic mass is 9.94. The summed E-state index contributed by atoms with van der Waals surface area (Å²) < 4.78 is 5.50. The summed E-state index contributed by atoms with van der Waals surface area (Å²) in [5.74, 6) is 1.01. The van der Waals surface area contributed by atoms with Gasteiger partial charge >= 0.3 is 0 Å². The van der Waals surface area contributed by atoms with E-state index in [1.165, 1.54) is 6.42 Å². The molecule has 0 saturated carbocycles. The Balaban J connectivity index is 2.23. The molecule has 0 spiro atoms. The van der Waals surface area contributed by atoms with Crippen LogP contribution in [0.4, 0.5) is 0 Å². The van der Waals surface area contributed by atoms with Crippen molar-refractivity contribution < 1.29 is 4.42 Å². The smallest absolute Gasteiger partial charge is 0.122 e. The Morgan fingerprint density at radius 3 is 2.93 bits per heavy atom. The molecule has 1 aromatic heterocycles. The number of piperidine rings is 1. The van der Waals surface area contributed by atoms with Crippen LogP contribution in [0.1, 0.15) is 38.5 Å². The molecule has 2 N–H and O–H groups in total. The molecule has 1 aromatic rings. The quantitative estimate of drug-likeness (QED) is 0.809. The first-order valence-electron chi connectivity index (χ1n) is 5.75. The van der Waals surface area contributed by atoms with Crippen LogP contribution in [-0.2, 0) is 0 Å². The second kappa shape index (κ2) is 4.37. The molecule has 3 nitrogen and oxygen atoms in total. The van der Waals surface area contributed by atoms with Crippen LogP contribution < -0.4 is 5.73 Å². The van der Waals surface area contributed by atoms with Gasteiger partial charge in [0.15, 0.2) is 0 Å². The Morgan fingerprint density at radius 2 is 2.33 bits per heavy atom. The van der Waals surface area contributed by atoms with E-state index in [4.69, 9.17) is 10.2 Å². The van der Waals surface area contributed by atoms with Gasteiger partial charge < -0.3 is 10.2 Å². The van der Waals surface area contributed by atoms with Crippen LogP contribution >= 0.6 is 0 Å². The van der Waals surface area contributed by atoms with Gasteiger partial charge in [0.1, 0.15) is 5.76 Å². The third-order valence-electron chi connectivity index (χ3n) is 3.21. The molecule has 2 unspecified atom stereocenters. The zero-order valence-electron chi connectivity index (χ0n) is 9.52. The second-order valence-corrected chi connectivity index (χ2v) is 4.60. The highest BCUT2D eigenvalue weighted by atomic mass is 16.3. The normalized spacial score (nSPS) is 28.5. The van der Waals surface area contributed by atoms with Crippen LogP contribution in [0.3, 0.4) is 0 Å². The lowest BCUT2D eigenvalue weighted by Gasteiger charge is -2.41. The average molecular weight is 208 g/mol. The van der Waals surface area contributed by atoms with Gasteiger partial charge in [0.2, 0.25) is 0 Å². The minimum absolute atomic E-state index is 0.201. The largest absolute Gasteiger partial charge is 0.468 e. The summed E-state index contributed by atoms with van der Waals surface area (Å²) in [4.78, 5) is 2.44. The first kappa shape index (κ1) is 10.7. The maximum absolute atomic E-state index is 6.20. The number of likely N-dealkylation sites (tertiary alicyclic amines) is 1. The number of hydrogen-bond donors (Lipinski definition) is 1. The van der Waals surface area contributed by atoms with Crippen LogP contribution in [0.5, 0.6) is 0 Å². The molecule has 15 heavy (non-hydrogen) atoms. The Morgan fingerprint density at radius 1 is 1.53 bits per heavy atom. The van der Waals surface area contributed by atoms with E-state index >= 15 is 0 Å². The first-order valence-corrected chi connectivity index (χ1v) is 5.75. The fourth-order valence-corrected chi connectivity index (χ4v) is 2.47. The van der Waals surface area contributed by atoms with Crippen LogP contribution in [0.2, 0.25) is 0 Å². The Bertz CT molecular complexity index is 295. The fourth-order valence-electron chi connectivity index (χ4n) is 2.47. The summed E-state index contributed by atoms with van der Waals surface area (Å²) >= 11 is 0. The first-order chi connectivity index (χ1) is 7.20. The molecule has 2 heterocycles. The Kier molecular flexibility index (Phi) is 3.12. The standard InChI is InChI=1S/C12H20N2O/c1-9(2)14-7-3-5-10(13)12(14)11-6-4-8-15-11/h4,6,8-10,12H,3,5,7,13H2,1-2H3. The maximum atomic E-state index is 6.20. The van der Waals surface area contributed by atoms with Gasteiger partial charge in [-0.15, -0.1) is 0 Å². The predicted molar refractivity (Wildman–Crippen MR) is 60.5 cm³/mol. The molecule has 1 fully saturated rings. The van der Waals surface area contributed by atoms with Crippen molar-refractivity contribution in [3.8, 4) is 0 Å². The van der Waals surface area contributed by atoms with E-state index in [1.807, 2.05) is 12.1 Å². The minimum atomic E-state index is 0.201. The maximum Gasteiger partial charge on any atom is 0.122 e. The summed E-state index contributed by atoms with van der Waals surface area (Å²) in [5, 5.41) is 0. The van der Waals surface area contributed by atoms with Crippen LogP contribution in [0.25, 0.3) is 0 Å². The average Bonchev–Trinajstić information content (AvgIpc) is 2.70. The van der Waals surface area contributed by atoms with E-state index in [9.17, 15) is 0 Å². The number of hydrogen-bond acceptors (Lipinski definition) is 3. The highest BCUT2D eigenvalue weighted by molar-refractivity contribution is 5.09. The van der Waals surface area contributed by atoms with Crippen molar-refractivity contribution in [1.29, 1.82) is 0 Å². The molecule has 0 radical (unpaired) electrons. The van der Waals surface area contributed by atoms with Gasteiger partial charge in [0.05, 0.1) is 12.3 Å². The summed E-state index contributed by atoms with van der Waals surface area (Å²) in [6.45, 7) is 5.55. The van der Waals surface area contributed by atoms with Gasteiger partial charge in [0.25, 0.3) is 0 Å². The second-order valence-electron chi connectivity index (χ2n) is 4.60. The SMILES string of the molecule is CC(C)N1CCCC(N)C1c1ccco1. The van der Waals surface area contributed by atoms with Crippen molar-refractivity contribution in [3.63, 3.8) is 0 Å². The number of furan rings is 1. The van der Waals surface area contributed by atoms with E-state index in [1.54, 1.807) is 6.26 Å². The fraction of sp³-hybridized carbons (Fsp3) is 0.667. The van der Waals surface area contributed by atoms with Gasteiger partial charge in [-0.05, 0) is 45.4 Å². The number of nitrogens with zero attached hydrogens (tertiary/aromatic N) is 1. The summed E-state index contributed by atoms with van der Waals surface area (Å²) in [5.41, 5.74) is 6.20. The highest BCUT2D eigenvalue weighted by Gasteiger charge is 2.33. The van der Waals surface area contributed by atoms with Crippen molar-refractivity contribution >= 4 is 0 Å². The van der Waals surface area contributed by atoms with Crippen molar-refractivity contribution in [2.75, 3.05) is 6.54 Å². The molecule has 0 amide bonds. The molecule has 3 heteroatoms. The number of nitrogens with two attached hydrogens (primary N) is 1. The highest BCUT2D eigenvalue weighted by Crippen LogP contribution is 2.31. The third kappa shape index (κ3) is 2.08. The van der Waals surface area contributed by atoms with Crippen LogP contribution in [-0.4, -0.2) is 23.5 Å². The zero-order chi connectivity index (χ0) is 10.8. The molecule has 0 bridgehead atoms. The lowest BCUT2D eigenvalue weighted by molar-refractivity contribution is 0.0798. The molecule has 1 aliphatic heterocycles. The van der Waals surface area contributed by atoms with E-state index in [2.05, 4.69) is 18.7 Å². The molecule has 0 aromatic carbocycles. The van der Waals surface area contributed by atoms with Gasteiger partial charge in [-0.1, -0.05) is 0 Å². The van der Waals surface area contributed by atoms with E-state index in [-0.39, 0.29) is 12.1 Å². The number of rotatable bonds is 2.